The summed E-state index contributed by atoms with van der Waals surface area (Å²) in [5.41, 5.74) is 0.347. The topological polar surface area (TPSA) is 57.5 Å². The third-order valence-electron chi connectivity index (χ3n) is 4.78. The molecule has 0 atom stereocenters. The molecule has 0 spiro atoms. The minimum absolute atomic E-state index is 0.0798. The highest BCUT2D eigenvalue weighted by molar-refractivity contribution is 7.80. The molecule has 0 radical (unpaired) electrons. The predicted molar refractivity (Wildman–Crippen MR) is 109 cm³/mol. The maximum absolute atomic E-state index is 13.2. The quantitative estimate of drug-likeness (QED) is 0.663. The molecule has 2 heterocycles. The number of rotatable bonds is 3. The lowest BCUT2D eigenvalue weighted by molar-refractivity contribution is -0.137. The Morgan fingerprint density at radius 2 is 1.76 bits per heavy atom. The second-order valence-corrected chi connectivity index (χ2v) is 7.31. The summed E-state index contributed by atoms with van der Waals surface area (Å²) in [5, 5.41) is 5.16. The van der Waals surface area contributed by atoms with Crippen molar-refractivity contribution in [2.75, 3.05) is 23.3 Å². The number of benzene rings is 1. The van der Waals surface area contributed by atoms with Crippen LogP contribution in [-0.4, -0.2) is 24.1 Å². The number of alkyl halides is 3. The van der Waals surface area contributed by atoms with Gasteiger partial charge in [-0.2, -0.15) is 13.2 Å². The van der Waals surface area contributed by atoms with Crippen molar-refractivity contribution in [2.45, 2.75) is 38.3 Å². The van der Waals surface area contributed by atoms with Gasteiger partial charge in [0.15, 0.2) is 5.11 Å². The van der Waals surface area contributed by atoms with E-state index in [-0.39, 0.29) is 16.4 Å². The van der Waals surface area contributed by atoms with Crippen molar-refractivity contribution in [1.29, 1.82) is 0 Å². The molecule has 1 fully saturated rings. The van der Waals surface area contributed by atoms with Gasteiger partial charge in [0.25, 0.3) is 5.91 Å². The van der Waals surface area contributed by atoms with Gasteiger partial charge >= 0.3 is 6.18 Å². The summed E-state index contributed by atoms with van der Waals surface area (Å²) >= 11 is 5.16. The van der Waals surface area contributed by atoms with Crippen LogP contribution in [0.5, 0.6) is 0 Å². The molecule has 9 heteroatoms. The molecule has 5 nitrogen and oxygen atoms in total. The average Bonchev–Trinajstić information content (AvgIpc) is 3.16. The van der Waals surface area contributed by atoms with E-state index in [0.29, 0.717) is 5.69 Å². The SMILES string of the molecule is O=C(NC(=S)Nc1cc(C(F)(F)F)ccc1N1CCCCCCC1)c1ccoc1. The average molecular weight is 425 g/mol. The largest absolute Gasteiger partial charge is 0.472 e. The van der Waals surface area contributed by atoms with E-state index in [9.17, 15) is 18.0 Å². The van der Waals surface area contributed by atoms with Crippen LogP contribution in [0.15, 0.2) is 41.2 Å². The Morgan fingerprint density at radius 1 is 1.07 bits per heavy atom. The van der Waals surface area contributed by atoms with Gasteiger partial charge in [-0.05, 0) is 49.3 Å². The van der Waals surface area contributed by atoms with Gasteiger partial charge in [-0.15, -0.1) is 0 Å². The van der Waals surface area contributed by atoms with Crippen molar-refractivity contribution < 1.29 is 22.4 Å². The second-order valence-electron chi connectivity index (χ2n) is 6.90. The molecule has 0 bridgehead atoms. The molecule has 1 saturated heterocycles. The lowest BCUT2D eigenvalue weighted by Gasteiger charge is -2.29. The van der Waals surface area contributed by atoms with Gasteiger partial charge in [-0.1, -0.05) is 19.3 Å². The van der Waals surface area contributed by atoms with E-state index in [0.717, 1.165) is 50.9 Å². The van der Waals surface area contributed by atoms with Crippen LogP contribution in [0.3, 0.4) is 0 Å². The minimum Gasteiger partial charge on any atom is -0.472 e. The Hall–Kier alpha value is -2.55. The van der Waals surface area contributed by atoms with Crippen molar-refractivity contribution in [3.05, 3.63) is 47.9 Å². The fourth-order valence-corrected chi connectivity index (χ4v) is 3.50. The number of hydrogen-bond donors (Lipinski definition) is 2. The Morgan fingerprint density at radius 3 is 2.38 bits per heavy atom. The number of furan rings is 1. The van der Waals surface area contributed by atoms with Crippen LogP contribution in [0, 0.1) is 0 Å². The molecule has 3 rings (SSSR count). The maximum Gasteiger partial charge on any atom is 0.416 e. The van der Waals surface area contributed by atoms with E-state index < -0.39 is 17.6 Å². The zero-order valence-corrected chi connectivity index (χ0v) is 16.5. The third-order valence-corrected chi connectivity index (χ3v) is 4.98. The molecule has 0 unspecified atom stereocenters. The van der Waals surface area contributed by atoms with E-state index in [2.05, 4.69) is 15.5 Å². The summed E-state index contributed by atoms with van der Waals surface area (Å²) in [5.74, 6) is -0.504. The highest BCUT2D eigenvalue weighted by Crippen LogP contribution is 2.36. The highest BCUT2D eigenvalue weighted by atomic mass is 32.1. The molecule has 0 saturated carbocycles. The van der Waals surface area contributed by atoms with Crippen molar-refractivity contribution in [3.8, 4) is 0 Å². The number of carbonyl (C=O) groups is 1. The van der Waals surface area contributed by atoms with Gasteiger partial charge in [0.2, 0.25) is 0 Å². The number of nitrogens with one attached hydrogen (secondary N) is 2. The number of halogens is 3. The van der Waals surface area contributed by atoms with Crippen LogP contribution >= 0.6 is 12.2 Å². The number of anilines is 2. The number of carbonyl (C=O) groups excluding carboxylic acids is 1. The highest BCUT2D eigenvalue weighted by Gasteiger charge is 2.31. The van der Waals surface area contributed by atoms with Gasteiger partial charge in [-0.3, -0.25) is 10.1 Å². The van der Waals surface area contributed by atoms with E-state index in [4.69, 9.17) is 16.6 Å². The standard InChI is InChI=1S/C20H22F3N3O2S/c21-20(22,23)15-6-7-17(26-9-4-2-1-3-5-10-26)16(12-15)24-19(29)25-18(27)14-8-11-28-13-14/h6-8,11-13H,1-5,9-10H2,(H2,24,25,27,29). The van der Waals surface area contributed by atoms with Gasteiger partial charge in [0.05, 0.1) is 28.8 Å². The molecule has 1 aliphatic rings. The second kappa shape index (κ2) is 9.30. The smallest absolute Gasteiger partial charge is 0.416 e. The first-order valence-corrected chi connectivity index (χ1v) is 9.86. The van der Waals surface area contributed by atoms with Crippen LogP contribution in [0.2, 0.25) is 0 Å². The predicted octanol–water partition coefficient (Wildman–Crippen LogP) is 5.20. The molecule has 1 aromatic carbocycles. The van der Waals surface area contributed by atoms with E-state index in [1.54, 1.807) is 0 Å². The van der Waals surface area contributed by atoms with E-state index >= 15 is 0 Å². The number of nitrogens with zero attached hydrogens (tertiary/aromatic N) is 1. The summed E-state index contributed by atoms with van der Waals surface area (Å²) in [6.45, 7) is 1.52. The van der Waals surface area contributed by atoms with Crippen LogP contribution in [-0.2, 0) is 6.18 Å². The van der Waals surface area contributed by atoms with Crippen molar-refractivity contribution in [2.24, 2.45) is 0 Å². The van der Waals surface area contributed by atoms with Crippen molar-refractivity contribution in [1.82, 2.24) is 5.32 Å². The Kier molecular flexibility index (Phi) is 6.79. The molecule has 2 N–H and O–H groups in total. The van der Waals surface area contributed by atoms with Crippen LogP contribution < -0.4 is 15.5 Å². The molecule has 2 aromatic rings. The lowest BCUT2D eigenvalue weighted by Crippen LogP contribution is -2.35. The monoisotopic (exact) mass is 425 g/mol. The summed E-state index contributed by atoms with van der Waals surface area (Å²) in [7, 11) is 0. The van der Waals surface area contributed by atoms with E-state index in [1.165, 1.54) is 31.1 Å². The lowest BCUT2D eigenvalue weighted by atomic mass is 10.1. The number of thiocarbonyl (C=S) groups is 1. The van der Waals surface area contributed by atoms with E-state index in [1.807, 2.05) is 0 Å². The number of hydrogen-bond acceptors (Lipinski definition) is 4. The molecular formula is C20H22F3N3O2S. The van der Waals surface area contributed by atoms with Crippen molar-refractivity contribution in [3.63, 3.8) is 0 Å². The number of amides is 1. The fourth-order valence-electron chi connectivity index (χ4n) is 3.30. The van der Waals surface area contributed by atoms with Crippen LogP contribution in [0.1, 0.15) is 48.0 Å². The van der Waals surface area contributed by atoms with Crippen molar-refractivity contribution >= 4 is 34.6 Å². The summed E-state index contributed by atoms with van der Waals surface area (Å²) in [4.78, 5) is 14.2. The Bertz CT molecular complexity index is 845. The molecule has 29 heavy (non-hydrogen) atoms. The summed E-state index contributed by atoms with van der Waals surface area (Å²) in [6, 6.07) is 5.04. The Labute approximate surface area is 172 Å². The minimum atomic E-state index is -4.48. The first kappa shape index (κ1) is 21.2. The first-order chi connectivity index (χ1) is 13.8. The van der Waals surface area contributed by atoms with Gasteiger partial charge < -0.3 is 14.6 Å². The molecule has 156 valence electrons. The van der Waals surface area contributed by atoms with Gasteiger partial charge in [-0.25, -0.2) is 0 Å². The zero-order valence-electron chi connectivity index (χ0n) is 15.7. The molecule has 0 aliphatic carbocycles. The molecule has 1 aromatic heterocycles. The first-order valence-electron chi connectivity index (χ1n) is 9.45. The normalized spacial score (nSPS) is 15.3. The third kappa shape index (κ3) is 5.72. The molecular weight excluding hydrogens is 403 g/mol. The summed E-state index contributed by atoms with van der Waals surface area (Å²) in [6.07, 6.45) is 3.44. The molecule has 1 amide bonds. The molecule has 1 aliphatic heterocycles. The van der Waals surface area contributed by atoms with Crippen LogP contribution in [0.25, 0.3) is 0 Å². The fraction of sp³-hybridized carbons (Fsp3) is 0.400. The zero-order chi connectivity index (χ0) is 20.9. The van der Waals surface area contributed by atoms with Crippen LogP contribution in [0.4, 0.5) is 24.5 Å². The van der Waals surface area contributed by atoms with Gasteiger partial charge in [0, 0.05) is 13.1 Å². The summed E-state index contributed by atoms with van der Waals surface area (Å²) < 4.78 is 44.6. The van der Waals surface area contributed by atoms with Gasteiger partial charge in [0.1, 0.15) is 6.26 Å². The Balaban J connectivity index is 1.83. The maximum atomic E-state index is 13.2.